The average Bonchev–Trinajstić information content (AvgIpc) is 3.38. The summed E-state index contributed by atoms with van der Waals surface area (Å²) < 4.78 is 5.77. The first kappa shape index (κ1) is 21.1. The number of hydrogen-bond acceptors (Lipinski definition) is 8. The third-order valence-corrected chi connectivity index (χ3v) is 6.62. The van der Waals surface area contributed by atoms with E-state index in [9.17, 15) is 4.79 Å². The predicted molar refractivity (Wildman–Crippen MR) is 122 cm³/mol. The van der Waals surface area contributed by atoms with Gasteiger partial charge in [-0.15, -0.1) is 10.2 Å². The zero-order valence-corrected chi connectivity index (χ0v) is 18.5. The number of amides is 1. The van der Waals surface area contributed by atoms with Crippen LogP contribution in [-0.2, 0) is 4.74 Å². The highest BCUT2D eigenvalue weighted by Crippen LogP contribution is 2.20. The molecule has 5 rings (SSSR count). The highest BCUT2D eigenvalue weighted by molar-refractivity contribution is 5.94. The van der Waals surface area contributed by atoms with E-state index in [4.69, 9.17) is 4.74 Å². The van der Waals surface area contributed by atoms with Crippen LogP contribution in [0.15, 0.2) is 36.7 Å². The molecule has 3 aliphatic rings. The molecule has 0 aliphatic carbocycles. The highest BCUT2D eigenvalue weighted by atomic mass is 16.5. The van der Waals surface area contributed by atoms with Crippen molar-refractivity contribution in [2.75, 3.05) is 75.3 Å². The molecule has 1 amide bonds. The van der Waals surface area contributed by atoms with Crippen LogP contribution >= 0.6 is 0 Å². The fraction of sp³-hybridized carbons (Fsp3) is 0.565. The molecule has 0 spiro atoms. The molecule has 5 heterocycles. The normalized spacial score (nSPS) is 22.4. The van der Waals surface area contributed by atoms with Gasteiger partial charge in [0, 0.05) is 77.9 Å². The van der Waals surface area contributed by atoms with Gasteiger partial charge in [0.2, 0.25) is 0 Å². The Morgan fingerprint density at radius 2 is 1.62 bits per heavy atom. The minimum absolute atomic E-state index is 0.0396. The van der Waals surface area contributed by atoms with Crippen molar-refractivity contribution in [1.82, 2.24) is 25.0 Å². The predicted octanol–water partition coefficient (Wildman–Crippen LogP) is 1.14. The van der Waals surface area contributed by atoms with Crippen LogP contribution in [-0.4, -0.2) is 103 Å². The Bertz CT molecular complexity index is 873. The fourth-order valence-electron chi connectivity index (χ4n) is 4.70. The van der Waals surface area contributed by atoms with Gasteiger partial charge in [-0.2, -0.15) is 0 Å². The second-order valence-corrected chi connectivity index (χ2v) is 8.69. The Hall–Kier alpha value is -2.78. The van der Waals surface area contributed by atoms with Crippen molar-refractivity contribution < 1.29 is 9.53 Å². The molecular formula is C23H31N7O2. The number of hydrogen-bond donors (Lipinski definition) is 0. The summed E-state index contributed by atoms with van der Waals surface area (Å²) in [5, 5.41) is 9.00. The minimum Gasteiger partial charge on any atom is -0.377 e. The van der Waals surface area contributed by atoms with Gasteiger partial charge in [-0.25, -0.2) is 0 Å². The zero-order valence-electron chi connectivity index (χ0n) is 18.5. The third kappa shape index (κ3) is 4.83. The summed E-state index contributed by atoms with van der Waals surface area (Å²) in [5.41, 5.74) is 0.640. The van der Waals surface area contributed by atoms with Gasteiger partial charge in [-0.1, -0.05) is 0 Å². The van der Waals surface area contributed by atoms with Gasteiger partial charge < -0.3 is 19.4 Å². The van der Waals surface area contributed by atoms with Crippen molar-refractivity contribution in [1.29, 1.82) is 0 Å². The van der Waals surface area contributed by atoms with Crippen LogP contribution in [0.2, 0.25) is 0 Å². The zero-order chi connectivity index (χ0) is 21.8. The van der Waals surface area contributed by atoms with Crippen molar-refractivity contribution in [2.45, 2.75) is 18.9 Å². The molecule has 1 unspecified atom stereocenters. The van der Waals surface area contributed by atoms with Gasteiger partial charge >= 0.3 is 0 Å². The van der Waals surface area contributed by atoms with E-state index in [0.29, 0.717) is 24.8 Å². The number of aromatic nitrogens is 3. The maximum atomic E-state index is 12.6. The van der Waals surface area contributed by atoms with E-state index in [2.05, 4.69) is 42.0 Å². The number of anilines is 2. The molecule has 9 heteroatoms. The number of carbonyl (C=O) groups excluding carboxylic acids is 1. The summed E-state index contributed by atoms with van der Waals surface area (Å²) in [6.07, 6.45) is 6.12. The molecule has 0 saturated carbocycles. The Labute approximate surface area is 189 Å². The summed E-state index contributed by atoms with van der Waals surface area (Å²) >= 11 is 0. The third-order valence-electron chi connectivity index (χ3n) is 6.62. The van der Waals surface area contributed by atoms with Crippen LogP contribution in [0, 0.1) is 0 Å². The molecule has 1 atom stereocenters. The summed E-state index contributed by atoms with van der Waals surface area (Å²) in [5.74, 6) is 1.85. The SMILES string of the molecule is O=C(c1cccnc1)N1CCN(c2ccc(N3CCN(CC4CCCO4)CC3)nn2)CC1. The van der Waals surface area contributed by atoms with Crippen LogP contribution in [0.3, 0.4) is 0 Å². The quantitative estimate of drug-likeness (QED) is 0.689. The number of piperazine rings is 2. The van der Waals surface area contributed by atoms with Gasteiger partial charge in [0.1, 0.15) is 0 Å². The van der Waals surface area contributed by atoms with Crippen molar-refractivity contribution in [2.24, 2.45) is 0 Å². The van der Waals surface area contributed by atoms with E-state index in [1.54, 1.807) is 18.5 Å². The number of nitrogens with zero attached hydrogens (tertiary/aromatic N) is 7. The largest absolute Gasteiger partial charge is 0.377 e. The molecule has 0 aromatic carbocycles. The summed E-state index contributed by atoms with van der Waals surface area (Å²) in [6.45, 7) is 8.83. The monoisotopic (exact) mass is 437 g/mol. The highest BCUT2D eigenvalue weighted by Gasteiger charge is 2.25. The van der Waals surface area contributed by atoms with Gasteiger partial charge in [0.05, 0.1) is 11.7 Å². The molecule has 0 N–H and O–H groups in total. The van der Waals surface area contributed by atoms with E-state index in [1.807, 2.05) is 11.0 Å². The molecule has 170 valence electrons. The van der Waals surface area contributed by atoms with Gasteiger partial charge in [-0.05, 0) is 37.1 Å². The Balaban J connectivity index is 1.10. The average molecular weight is 438 g/mol. The number of pyridine rings is 1. The molecule has 0 radical (unpaired) electrons. The molecule has 2 aromatic rings. The summed E-state index contributed by atoms with van der Waals surface area (Å²) in [6, 6.07) is 7.74. The maximum Gasteiger partial charge on any atom is 0.255 e. The molecule has 9 nitrogen and oxygen atoms in total. The molecule has 3 aliphatic heterocycles. The fourth-order valence-corrected chi connectivity index (χ4v) is 4.70. The molecule has 3 fully saturated rings. The summed E-state index contributed by atoms with van der Waals surface area (Å²) in [4.78, 5) is 25.5. The molecule has 32 heavy (non-hydrogen) atoms. The van der Waals surface area contributed by atoms with Crippen LogP contribution in [0.4, 0.5) is 11.6 Å². The smallest absolute Gasteiger partial charge is 0.255 e. The molecule has 3 saturated heterocycles. The van der Waals surface area contributed by atoms with E-state index in [0.717, 1.165) is 64.1 Å². The lowest BCUT2D eigenvalue weighted by Crippen LogP contribution is -2.49. The van der Waals surface area contributed by atoms with E-state index >= 15 is 0 Å². The second kappa shape index (κ2) is 9.79. The number of carbonyl (C=O) groups is 1. The lowest BCUT2D eigenvalue weighted by Gasteiger charge is -2.37. The Kier molecular flexibility index (Phi) is 6.45. The van der Waals surface area contributed by atoms with Crippen LogP contribution in [0.25, 0.3) is 0 Å². The van der Waals surface area contributed by atoms with Crippen molar-refractivity contribution in [3.8, 4) is 0 Å². The van der Waals surface area contributed by atoms with Gasteiger partial charge in [0.15, 0.2) is 11.6 Å². The van der Waals surface area contributed by atoms with Crippen molar-refractivity contribution in [3.05, 3.63) is 42.2 Å². The topological polar surface area (TPSA) is 77.9 Å². The first-order valence-electron chi connectivity index (χ1n) is 11.6. The lowest BCUT2D eigenvalue weighted by molar-refractivity contribution is 0.0712. The maximum absolute atomic E-state index is 12.6. The molecule has 0 bridgehead atoms. The Morgan fingerprint density at radius 1 is 0.938 bits per heavy atom. The minimum atomic E-state index is 0.0396. The number of rotatable bonds is 5. The standard InChI is InChI=1S/C23H31N7O2/c31-23(19-3-1-7-24-17-19)30-14-12-29(13-15-30)22-6-5-21(25-26-22)28-10-8-27(9-11-28)18-20-4-2-16-32-20/h1,3,5-7,17,20H,2,4,8-16,18H2. The lowest BCUT2D eigenvalue weighted by atomic mass is 10.2. The van der Waals surface area contributed by atoms with E-state index < -0.39 is 0 Å². The molecule has 2 aromatic heterocycles. The first-order valence-corrected chi connectivity index (χ1v) is 11.6. The van der Waals surface area contributed by atoms with Crippen molar-refractivity contribution >= 4 is 17.5 Å². The van der Waals surface area contributed by atoms with E-state index in [1.165, 1.54) is 12.8 Å². The van der Waals surface area contributed by atoms with Crippen LogP contribution in [0.5, 0.6) is 0 Å². The van der Waals surface area contributed by atoms with Gasteiger partial charge in [-0.3, -0.25) is 14.7 Å². The second-order valence-electron chi connectivity index (χ2n) is 8.69. The van der Waals surface area contributed by atoms with Crippen molar-refractivity contribution in [3.63, 3.8) is 0 Å². The summed E-state index contributed by atoms with van der Waals surface area (Å²) in [7, 11) is 0. The Morgan fingerprint density at radius 3 is 2.19 bits per heavy atom. The number of ether oxygens (including phenoxy) is 1. The van der Waals surface area contributed by atoms with Gasteiger partial charge in [0.25, 0.3) is 5.91 Å². The molecular weight excluding hydrogens is 406 g/mol. The van der Waals surface area contributed by atoms with E-state index in [-0.39, 0.29) is 5.91 Å². The first-order chi connectivity index (χ1) is 15.8. The van der Waals surface area contributed by atoms with Crippen LogP contribution in [0.1, 0.15) is 23.2 Å². The van der Waals surface area contributed by atoms with Crippen LogP contribution < -0.4 is 9.80 Å².